The van der Waals surface area contributed by atoms with Crippen LogP contribution in [0.25, 0.3) is 0 Å². The summed E-state index contributed by atoms with van der Waals surface area (Å²) >= 11 is 0. The lowest BCUT2D eigenvalue weighted by atomic mass is 9.72. The van der Waals surface area contributed by atoms with Gasteiger partial charge in [-0.05, 0) is 49.9 Å². The Morgan fingerprint density at radius 3 is 2.45 bits per heavy atom. The molecule has 0 bridgehead atoms. The van der Waals surface area contributed by atoms with Gasteiger partial charge >= 0.3 is 0 Å². The molecule has 0 saturated heterocycles. The highest BCUT2D eigenvalue weighted by Gasteiger charge is 2.38. The third kappa shape index (κ3) is 2.54. The van der Waals surface area contributed by atoms with Crippen LogP contribution in [-0.4, -0.2) is 29.3 Å². The Balaban J connectivity index is 2.08. The van der Waals surface area contributed by atoms with Crippen LogP contribution < -0.4 is 0 Å². The van der Waals surface area contributed by atoms with Crippen LogP contribution in [0.2, 0.25) is 0 Å². The first kappa shape index (κ1) is 15.2. The highest BCUT2D eigenvalue weighted by Crippen LogP contribution is 2.39. The van der Waals surface area contributed by atoms with Gasteiger partial charge in [0, 0.05) is 6.42 Å². The standard InChI is InChI=1S/C18H27NO/c1-5-18(4,19(6-2)7-3)17(20)13-15-12-14-10-8-9-11-16(14)15/h8-11,15H,5-7,12-13H2,1-4H3. The lowest BCUT2D eigenvalue weighted by Gasteiger charge is -2.40. The lowest BCUT2D eigenvalue weighted by molar-refractivity contribution is -0.131. The van der Waals surface area contributed by atoms with Crippen molar-refractivity contribution in [1.82, 2.24) is 4.90 Å². The summed E-state index contributed by atoms with van der Waals surface area (Å²) in [6.45, 7) is 10.4. The van der Waals surface area contributed by atoms with E-state index in [-0.39, 0.29) is 5.54 Å². The molecular weight excluding hydrogens is 246 g/mol. The van der Waals surface area contributed by atoms with Crippen molar-refractivity contribution in [2.75, 3.05) is 13.1 Å². The van der Waals surface area contributed by atoms with E-state index >= 15 is 0 Å². The molecule has 0 aromatic heterocycles. The maximum absolute atomic E-state index is 12.8. The Labute approximate surface area is 123 Å². The molecule has 0 N–H and O–H groups in total. The van der Waals surface area contributed by atoms with Gasteiger partial charge in [-0.15, -0.1) is 0 Å². The fraction of sp³-hybridized carbons (Fsp3) is 0.611. The van der Waals surface area contributed by atoms with Crippen LogP contribution in [-0.2, 0) is 11.2 Å². The summed E-state index contributed by atoms with van der Waals surface area (Å²) in [5.74, 6) is 0.850. The van der Waals surface area contributed by atoms with Crippen LogP contribution in [0.3, 0.4) is 0 Å². The second-order valence-electron chi connectivity index (χ2n) is 6.03. The number of carbonyl (C=O) groups excluding carboxylic acids is 1. The van der Waals surface area contributed by atoms with Gasteiger partial charge in [-0.1, -0.05) is 45.0 Å². The van der Waals surface area contributed by atoms with Crippen molar-refractivity contribution in [2.45, 2.75) is 58.4 Å². The van der Waals surface area contributed by atoms with Gasteiger partial charge < -0.3 is 0 Å². The van der Waals surface area contributed by atoms with E-state index in [1.165, 1.54) is 11.1 Å². The topological polar surface area (TPSA) is 20.3 Å². The molecule has 0 radical (unpaired) electrons. The van der Waals surface area contributed by atoms with E-state index in [4.69, 9.17) is 0 Å². The zero-order valence-electron chi connectivity index (χ0n) is 13.3. The Bertz CT molecular complexity index is 478. The molecule has 2 heteroatoms. The van der Waals surface area contributed by atoms with E-state index in [2.05, 4.69) is 56.9 Å². The molecule has 20 heavy (non-hydrogen) atoms. The molecule has 0 fully saturated rings. The Morgan fingerprint density at radius 1 is 1.25 bits per heavy atom. The van der Waals surface area contributed by atoms with Crippen molar-refractivity contribution in [1.29, 1.82) is 0 Å². The fourth-order valence-electron chi connectivity index (χ4n) is 3.51. The summed E-state index contributed by atoms with van der Waals surface area (Å²) < 4.78 is 0. The zero-order chi connectivity index (χ0) is 14.8. The van der Waals surface area contributed by atoms with Gasteiger partial charge in [0.2, 0.25) is 0 Å². The van der Waals surface area contributed by atoms with E-state index in [9.17, 15) is 4.79 Å². The van der Waals surface area contributed by atoms with Gasteiger partial charge in [-0.25, -0.2) is 0 Å². The van der Waals surface area contributed by atoms with Gasteiger partial charge in [-0.3, -0.25) is 9.69 Å². The third-order valence-corrected chi connectivity index (χ3v) is 5.14. The molecule has 0 aliphatic heterocycles. The number of carbonyl (C=O) groups is 1. The summed E-state index contributed by atoms with van der Waals surface area (Å²) in [5, 5.41) is 0. The summed E-state index contributed by atoms with van der Waals surface area (Å²) in [6, 6.07) is 8.53. The minimum Gasteiger partial charge on any atom is -0.298 e. The van der Waals surface area contributed by atoms with E-state index < -0.39 is 0 Å². The fourth-order valence-corrected chi connectivity index (χ4v) is 3.51. The first-order valence-corrected chi connectivity index (χ1v) is 7.92. The summed E-state index contributed by atoms with van der Waals surface area (Å²) in [7, 11) is 0. The van der Waals surface area contributed by atoms with Crippen LogP contribution in [0.1, 0.15) is 57.6 Å². The number of benzene rings is 1. The Kier molecular flexibility index (Phi) is 4.64. The second kappa shape index (κ2) is 6.09. The Morgan fingerprint density at radius 2 is 1.90 bits per heavy atom. The lowest BCUT2D eigenvalue weighted by Crippen LogP contribution is -2.52. The normalized spacial score (nSPS) is 20.1. The molecule has 0 heterocycles. The molecule has 1 aromatic carbocycles. The second-order valence-corrected chi connectivity index (χ2v) is 6.03. The highest BCUT2D eigenvalue weighted by atomic mass is 16.1. The predicted molar refractivity (Wildman–Crippen MR) is 84.1 cm³/mol. The van der Waals surface area contributed by atoms with Crippen LogP contribution in [0.5, 0.6) is 0 Å². The summed E-state index contributed by atoms with van der Waals surface area (Å²) in [6.07, 6.45) is 2.65. The van der Waals surface area contributed by atoms with Gasteiger partial charge in [0.15, 0.2) is 5.78 Å². The minimum absolute atomic E-state index is 0.298. The van der Waals surface area contributed by atoms with Crippen LogP contribution in [0.4, 0.5) is 0 Å². The average molecular weight is 273 g/mol. The minimum atomic E-state index is -0.298. The SMILES string of the molecule is CCN(CC)C(C)(CC)C(=O)CC1Cc2ccccc21. The molecule has 2 atom stereocenters. The van der Waals surface area contributed by atoms with Crippen molar-refractivity contribution in [3.63, 3.8) is 0 Å². The van der Waals surface area contributed by atoms with Gasteiger partial charge in [0.05, 0.1) is 5.54 Å². The number of fused-ring (bicyclic) bond motifs is 1. The van der Waals surface area contributed by atoms with Crippen LogP contribution in [0.15, 0.2) is 24.3 Å². The van der Waals surface area contributed by atoms with E-state index in [0.717, 1.165) is 25.9 Å². The molecule has 1 aliphatic carbocycles. The number of Topliss-reactive ketones (excluding diaryl/α,β-unsaturated/α-hetero) is 1. The summed E-state index contributed by atoms with van der Waals surface area (Å²) in [5.41, 5.74) is 2.51. The molecule has 0 amide bonds. The molecule has 1 aromatic rings. The molecule has 1 aliphatic rings. The maximum atomic E-state index is 12.8. The highest BCUT2D eigenvalue weighted by molar-refractivity contribution is 5.89. The van der Waals surface area contributed by atoms with Crippen molar-refractivity contribution in [2.24, 2.45) is 0 Å². The van der Waals surface area contributed by atoms with E-state index in [1.54, 1.807) is 0 Å². The van der Waals surface area contributed by atoms with Crippen LogP contribution >= 0.6 is 0 Å². The third-order valence-electron chi connectivity index (χ3n) is 5.14. The number of hydrogen-bond donors (Lipinski definition) is 0. The van der Waals surface area contributed by atoms with E-state index in [1.807, 2.05) is 0 Å². The number of rotatable bonds is 7. The van der Waals surface area contributed by atoms with Crippen molar-refractivity contribution < 1.29 is 4.79 Å². The smallest absolute Gasteiger partial charge is 0.153 e. The molecule has 2 rings (SSSR count). The summed E-state index contributed by atoms with van der Waals surface area (Å²) in [4.78, 5) is 15.1. The molecule has 0 spiro atoms. The van der Waals surface area contributed by atoms with Crippen molar-refractivity contribution in [3.8, 4) is 0 Å². The quantitative estimate of drug-likeness (QED) is 0.753. The first-order chi connectivity index (χ1) is 9.56. The van der Waals surface area contributed by atoms with Crippen molar-refractivity contribution >= 4 is 5.78 Å². The van der Waals surface area contributed by atoms with Gasteiger partial charge in [0.1, 0.15) is 0 Å². The Hall–Kier alpha value is -1.15. The molecule has 2 nitrogen and oxygen atoms in total. The first-order valence-electron chi connectivity index (χ1n) is 7.92. The van der Waals surface area contributed by atoms with Crippen LogP contribution in [0, 0.1) is 0 Å². The number of hydrogen-bond acceptors (Lipinski definition) is 2. The number of nitrogens with zero attached hydrogens (tertiary/aromatic N) is 1. The zero-order valence-corrected chi connectivity index (χ0v) is 13.3. The van der Waals surface area contributed by atoms with E-state index in [0.29, 0.717) is 18.1 Å². The molecule has 110 valence electrons. The largest absolute Gasteiger partial charge is 0.298 e. The predicted octanol–water partition coefficient (Wildman–Crippen LogP) is 3.80. The molecule has 0 saturated carbocycles. The molecule has 2 unspecified atom stereocenters. The average Bonchev–Trinajstić information content (AvgIpc) is 2.45. The van der Waals surface area contributed by atoms with Crippen molar-refractivity contribution in [3.05, 3.63) is 35.4 Å². The monoisotopic (exact) mass is 273 g/mol. The maximum Gasteiger partial charge on any atom is 0.153 e. The molecular formula is C18H27NO. The number of likely N-dealkylation sites (N-methyl/N-ethyl adjacent to an activating group) is 1. The number of ketones is 1. The van der Waals surface area contributed by atoms with Gasteiger partial charge in [-0.2, -0.15) is 0 Å². The van der Waals surface area contributed by atoms with Gasteiger partial charge in [0.25, 0.3) is 0 Å².